The van der Waals surface area contributed by atoms with E-state index in [1.165, 1.54) is 69.6 Å². The molecule has 240 valence electrons. The number of hydrogen-bond acceptors (Lipinski definition) is 8. The van der Waals surface area contributed by atoms with E-state index in [9.17, 15) is 19.5 Å². The Morgan fingerprint density at radius 3 is 2.26 bits per heavy atom. The molecule has 4 atom stereocenters. The highest BCUT2D eigenvalue weighted by atomic mass is 16.7. The predicted octanol–water partition coefficient (Wildman–Crippen LogP) is 6.95. The van der Waals surface area contributed by atoms with Crippen LogP contribution in [0.5, 0.6) is 0 Å². The Labute approximate surface area is 256 Å². The van der Waals surface area contributed by atoms with Crippen LogP contribution in [0.3, 0.4) is 0 Å². The SMILES string of the molecule is CCCCCCCCCCCCCC(O)C1=CCC(C(=O)OC(C)OC(=O)N2CCC[C@H]2C(=O)OCc2ccccc2)O1. The molecule has 1 amide bonds. The molecule has 9 heteroatoms. The minimum absolute atomic E-state index is 0.124. The van der Waals surface area contributed by atoms with Gasteiger partial charge in [-0.15, -0.1) is 0 Å². The number of hydrogen-bond donors (Lipinski definition) is 1. The number of likely N-dealkylation sites (tertiary alicyclic amines) is 1. The average Bonchev–Trinajstić information content (AvgIpc) is 3.70. The zero-order valence-electron chi connectivity index (χ0n) is 26.0. The lowest BCUT2D eigenvalue weighted by Gasteiger charge is -2.25. The number of amides is 1. The van der Waals surface area contributed by atoms with Gasteiger partial charge in [0.1, 0.15) is 24.5 Å². The molecule has 2 heterocycles. The molecular formula is C34H51NO8. The number of carbonyl (C=O) groups excluding carboxylic acids is 3. The summed E-state index contributed by atoms with van der Waals surface area (Å²) < 4.78 is 21.7. The van der Waals surface area contributed by atoms with Gasteiger partial charge in [0.2, 0.25) is 6.29 Å². The summed E-state index contributed by atoms with van der Waals surface area (Å²) in [7, 11) is 0. The van der Waals surface area contributed by atoms with E-state index in [4.69, 9.17) is 18.9 Å². The van der Waals surface area contributed by atoms with Crippen molar-refractivity contribution >= 4 is 18.0 Å². The fourth-order valence-corrected chi connectivity index (χ4v) is 5.52. The topological polar surface area (TPSA) is 112 Å². The zero-order valence-corrected chi connectivity index (χ0v) is 26.0. The lowest BCUT2D eigenvalue weighted by Crippen LogP contribution is -2.43. The summed E-state index contributed by atoms with van der Waals surface area (Å²) in [6, 6.07) is 8.58. The summed E-state index contributed by atoms with van der Waals surface area (Å²) in [5, 5.41) is 10.5. The first kappa shape index (κ1) is 34.4. The van der Waals surface area contributed by atoms with Crippen molar-refractivity contribution in [1.29, 1.82) is 0 Å². The number of nitrogens with zero attached hydrogens (tertiary/aromatic N) is 1. The lowest BCUT2D eigenvalue weighted by molar-refractivity contribution is -0.177. The van der Waals surface area contributed by atoms with E-state index in [0.717, 1.165) is 18.4 Å². The minimum atomic E-state index is -1.17. The summed E-state index contributed by atoms with van der Waals surface area (Å²) in [6.07, 6.45) is 13.8. The summed E-state index contributed by atoms with van der Waals surface area (Å²) in [6.45, 7) is 4.15. The molecule has 1 aromatic carbocycles. The van der Waals surface area contributed by atoms with Crippen LogP contribution in [-0.4, -0.2) is 59.1 Å². The maximum Gasteiger partial charge on any atom is 0.413 e. The van der Waals surface area contributed by atoms with Crippen molar-refractivity contribution in [2.45, 2.75) is 141 Å². The van der Waals surface area contributed by atoms with Crippen LogP contribution in [0.25, 0.3) is 0 Å². The third-order valence-corrected chi connectivity index (χ3v) is 8.02. The van der Waals surface area contributed by atoms with E-state index < -0.39 is 42.6 Å². The van der Waals surface area contributed by atoms with Crippen LogP contribution in [-0.2, 0) is 35.1 Å². The Morgan fingerprint density at radius 1 is 0.930 bits per heavy atom. The Bertz CT molecular complexity index is 1010. The zero-order chi connectivity index (χ0) is 30.9. The molecule has 1 saturated heterocycles. The summed E-state index contributed by atoms with van der Waals surface area (Å²) in [4.78, 5) is 39.3. The number of esters is 2. The second-order valence-electron chi connectivity index (χ2n) is 11.6. The largest absolute Gasteiger partial charge is 0.480 e. The molecule has 2 aliphatic rings. The fraction of sp³-hybridized carbons (Fsp3) is 0.676. The molecule has 0 radical (unpaired) electrons. The van der Waals surface area contributed by atoms with Crippen LogP contribution in [0.1, 0.15) is 116 Å². The molecular weight excluding hydrogens is 550 g/mol. The van der Waals surface area contributed by atoms with Crippen molar-refractivity contribution in [2.24, 2.45) is 0 Å². The van der Waals surface area contributed by atoms with Crippen molar-refractivity contribution in [2.75, 3.05) is 6.54 Å². The molecule has 0 aliphatic carbocycles. The van der Waals surface area contributed by atoms with Gasteiger partial charge in [0.05, 0.1) is 0 Å². The molecule has 0 saturated carbocycles. The predicted molar refractivity (Wildman–Crippen MR) is 163 cm³/mol. The number of ether oxygens (including phenoxy) is 4. The van der Waals surface area contributed by atoms with Gasteiger partial charge in [0, 0.05) is 19.9 Å². The van der Waals surface area contributed by atoms with Gasteiger partial charge in [0.25, 0.3) is 0 Å². The monoisotopic (exact) mass is 601 g/mol. The van der Waals surface area contributed by atoms with E-state index in [2.05, 4.69) is 6.92 Å². The third-order valence-electron chi connectivity index (χ3n) is 8.02. The standard InChI is InChI=1S/C34H51NO8/c1-3-4-5-6-7-8-9-10-11-12-16-21-29(36)30-22-23-31(43-30)33(38)41-26(2)42-34(39)35-24-17-20-28(35)32(37)40-25-27-18-14-13-15-19-27/h13-15,18-19,22,26,28-29,31,36H,3-12,16-17,20-21,23-25H2,1-2H3/t26?,28-,29?,31?/m0/s1. The molecule has 9 nitrogen and oxygen atoms in total. The van der Waals surface area contributed by atoms with Gasteiger partial charge in [-0.1, -0.05) is 108 Å². The van der Waals surface area contributed by atoms with Crippen LogP contribution < -0.4 is 0 Å². The lowest BCUT2D eigenvalue weighted by atomic mass is 10.0. The van der Waals surface area contributed by atoms with Crippen molar-refractivity contribution in [1.82, 2.24) is 4.90 Å². The molecule has 0 spiro atoms. The van der Waals surface area contributed by atoms with Crippen molar-refractivity contribution < 1.29 is 38.4 Å². The quantitative estimate of drug-likeness (QED) is 0.103. The number of rotatable bonds is 19. The fourth-order valence-electron chi connectivity index (χ4n) is 5.52. The number of benzene rings is 1. The Morgan fingerprint density at radius 2 is 1.58 bits per heavy atom. The van der Waals surface area contributed by atoms with Crippen LogP contribution in [0.2, 0.25) is 0 Å². The molecule has 0 bridgehead atoms. The minimum Gasteiger partial charge on any atom is -0.480 e. The second-order valence-corrected chi connectivity index (χ2v) is 11.6. The first-order valence-electron chi connectivity index (χ1n) is 16.3. The van der Waals surface area contributed by atoms with Gasteiger partial charge < -0.3 is 24.1 Å². The highest BCUT2D eigenvalue weighted by Crippen LogP contribution is 2.25. The smallest absolute Gasteiger partial charge is 0.413 e. The highest BCUT2D eigenvalue weighted by molar-refractivity contribution is 5.82. The van der Waals surface area contributed by atoms with E-state index in [-0.39, 0.29) is 13.0 Å². The molecule has 0 aromatic heterocycles. The molecule has 3 unspecified atom stereocenters. The van der Waals surface area contributed by atoms with Crippen molar-refractivity contribution in [3.63, 3.8) is 0 Å². The molecule has 1 N–H and O–H groups in total. The molecule has 3 rings (SSSR count). The maximum absolute atomic E-state index is 12.8. The number of aliphatic hydroxyl groups excluding tert-OH is 1. The van der Waals surface area contributed by atoms with Gasteiger partial charge in [-0.3, -0.25) is 4.90 Å². The van der Waals surface area contributed by atoms with Crippen LogP contribution in [0.4, 0.5) is 4.79 Å². The Hall–Kier alpha value is -3.07. The van der Waals surface area contributed by atoms with E-state index >= 15 is 0 Å². The van der Waals surface area contributed by atoms with Gasteiger partial charge in [-0.05, 0) is 30.9 Å². The summed E-state index contributed by atoms with van der Waals surface area (Å²) in [5.74, 6) is -0.770. The first-order valence-corrected chi connectivity index (χ1v) is 16.3. The number of unbranched alkanes of at least 4 members (excludes halogenated alkanes) is 10. The van der Waals surface area contributed by atoms with Crippen LogP contribution in [0, 0.1) is 0 Å². The van der Waals surface area contributed by atoms with Gasteiger partial charge in [-0.2, -0.15) is 0 Å². The molecule has 1 fully saturated rings. The van der Waals surface area contributed by atoms with Crippen molar-refractivity contribution in [3.05, 3.63) is 47.7 Å². The normalized spacial score (nSPS) is 19.3. The van der Waals surface area contributed by atoms with E-state index in [1.807, 2.05) is 30.3 Å². The maximum atomic E-state index is 12.8. The van der Waals surface area contributed by atoms with Gasteiger partial charge in [-0.25, -0.2) is 14.4 Å². The van der Waals surface area contributed by atoms with Crippen LogP contribution in [0.15, 0.2) is 42.2 Å². The second kappa shape index (κ2) is 19.3. The highest BCUT2D eigenvalue weighted by Gasteiger charge is 2.38. The molecule has 2 aliphatic heterocycles. The van der Waals surface area contributed by atoms with Gasteiger partial charge in [0.15, 0.2) is 6.10 Å². The number of carbonyl (C=O) groups is 3. The molecule has 43 heavy (non-hydrogen) atoms. The number of aliphatic hydroxyl groups is 1. The summed E-state index contributed by atoms with van der Waals surface area (Å²) >= 11 is 0. The van der Waals surface area contributed by atoms with E-state index in [0.29, 0.717) is 31.6 Å². The van der Waals surface area contributed by atoms with Gasteiger partial charge >= 0.3 is 18.0 Å². The van der Waals surface area contributed by atoms with E-state index in [1.54, 1.807) is 6.08 Å². The average molecular weight is 602 g/mol. The summed E-state index contributed by atoms with van der Waals surface area (Å²) in [5.41, 5.74) is 0.858. The van der Waals surface area contributed by atoms with Crippen molar-refractivity contribution in [3.8, 4) is 0 Å². The van der Waals surface area contributed by atoms with Crippen LogP contribution >= 0.6 is 0 Å². The third kappa shape index (κ3) is 12.2. The first-order chi connectivity index (χ1) is 20.9. The Balaban J connectivity index is 1.28. The molecule has 1 aromatic rings. The Kier molecular flexibility index (Phi) is 15.4.